The van der Waals surface area contributed by atoms with Gasteiger partial charge in [0.05, 0.1) is 12.7 Å². The van der Waals surface area contributed by atoms with Crippen LogP contribution in [-0.4, -0.2) is 52.3 Å². The Kier molecular flexibility index (Phi) is 5.35. The van der Waals surface area contributed by atoms with Crippen LogP contribution >= 0.6 is 0 Å². The zero-order valence-electron chi connectivity index (χ0n) is 14.9. The Morgan fingerprint density at radius 3 is 2.83 bits per heavy atom. The molecule has 3 atom stereocenters. The lowest BCUT2D eigenvalue weighted by molar-refractivity contribution is -0.00920. The summed E-state index contributed by atoms with van der Waals surface area (Å²) in [5.74, 6) is 0.322. The summed E-state index contributed by atoms with van der Waals surface area (Å²) < 4.78 is 25.4. The second kappa shape index (κ2) is 7.31. The molecule has 2 aliphatic heterocycles. The predicted molar refractivity (Wildman–Crippen MR) is 89.8 cm³/mol. The van der Waals surface area contributed by atoms with E-state index < -0.39 is 6.17 Å². The largest absolute Gasteiger partial charge is 0.475 e. The van der Waals surface area contributed by atoms with E-state index in [1.165, 1.54) is 26.0 Å². The first-order valence-electron chi connectivity index (χ1n) is 8.98. The van der Waals surface area contributed by atoms with Crippen molar-refractivity contribution in [3.63, 3.8) is 0 Å². The molecule has 2 fully saturated rings. The molecule has 134 valence electrons. The highest BCUT2D eigenvalue weighted by Crippen LogP contribution is 2.43. The van der Waals surface area contributed by atoms with Crippen LogP contribution in [-0.2, 0) is 4.74 Å². The van der Waals surface area contributed by atoms with Gasteiger partial charge in [-0.05, 0) is 53.0 Å². The number of nitrogens with zero attached hydrogens (tertiary/aromatic N) is 3. The minimum Gasteiger partial charge on any atom is -0.475 e. The van der Waals surface area contributed by atoms with Crippen LogP contribution < -0.4 is 4.74 Å². The normalized spacial score (nSPS) is 28.3. The first-order chi connectivity index (χ1) is 11.5. The van der Waals surface area contributed by atoms with Gasteiger partial charge in [-0.3, -0.25) is 9.88 Å². The first-order valence-corrected chi connectivity index (χ1v) is 8.98. The van der Waals surface area contributed by atoms with Gasteiger partial charge in [-0.1, -0.05) is 0 Å². The molecule has 2 saturated heterocycles. The molecule has 5 nitrogen and oxygen atoms in total. The summed E-state index contributed by atoms with van der Waals surface area (Å²) in [6.07, 6.45) is 6.75. The second-order valence-corrected chi connectivity index (χ2v) is 7.25. The molecule has 0 N–H and O–H groups in total. The van der Waals surface area contributed by atoms with Crippen molar-refractivity contribution in [3.05, 3.63) is 18.1 Å². The van der Waals surface area contributed by atoms with Gasteiger partial charge in [0.1, 0.15) is 18.5 Å². The van der Waals surface area contributed by atoms with E-state index in [0.717, 1.165) is 26.0 Å². The molecule has 3 rings (SSSR count). The van der Waals surface area contributed by atoms with Gasteiger partial charge in [0.2, 0.25) is 5.88 Å². The van der Waals surface area contributed by atoms with Crippen LogP contribution in [0, 0.1) is 0 Å². The molecule has 1 aromatic rings. The van der Waals surface area contributed by atoms with Crippen LogP contribution in [0.1, 0.15) is 58.3 Å². The van der Waals surface area contributed by atoms with Crippen LogP contribution in [0.3, 0.4) is 0 Å². The van der Waals surface area contributed by atoms with E-state index >= 15 is 0 Å². The van der Waals surface area contributed by atoms with Crippen LogP contribution in [0.25, 0.3) is 0 Å². The lowest BCUT2D eigenvalue weighted by Gasteiger charge is -2.35. The maximum atomic E-state index is 13.6. The van der Waals surface area contributed by atoms with E-state index in [2.05, 4.69) is 28.7 Å². The van der Waals surface area contributed by atoms with Crippen molar-refractivity contribution in [1.29, 1.82) is 0 Å². The maximum absolute atomic E-state index is 13.6. The highest BCUT2D eigenvalue weighted by molar-refractivity contribution is 5.19. The standard InChI is InChI=1S/C18H28FN3O2/c1-13(2)24-12-18-6-4-10-22(18)15(5-7-18)11-23-17-16(14(3)19)20-8-9-21-17/h8-9,13-15H,4-7,10-12H2,1-3H3/t14?,15-,18-/m0/s1. The molecule has 24 heavy (non-hydrogen) atoms. The number of hydrogen-bond acceptors (Lipinski definition) is 5. The molecule has 0 amide bonds. The summed E-state index contributed by atoms with van der Waals surface area (Å²) in [6.45, 7) is 8.03. The van der Waals surface area contributed by atoms with Gasteiger partial charge < -0.3 is 9.47 Å². The summed E-state index contributed by atoms with van der Waals surface area (Å²) >= 11 is 0. The summed E-state index contributed by atoms with van der Waals surface area (Å²) in [4.78, 5) is 10.8. The molecule has 1 aromatic heterocycles. The Morgan fingerprint density at radius 2 is 2.08 bits per heavy atom. The van der Waals surface area contributed by atoms with Gasteiger partial charge in [0.15, 0.2) is 0 Å². The molecule has 6 heteroatoms. The predicted octanol–water partition coefficient (Wildman–Crippen LogP) is 3.31. The minimum absolute atomic E-state index is 0.164. The maximum Gasteiger partial charge on any atom is 0.238 e. The summed E-state index contributed by atoms with van der Waals surface area (Å²) in [6, 6.07) is 0.341. The van der Waals surface area contributed by atoms with E-state index in [9.17, 15) is 4.39 Å². The van der Waals surface area contributed by atoms with E-state index in [1.54, 1.807) is 6.20 Å². The zero-order chi connectivity index (χ0) is 17.2. The minimum atomic E-state index is -1.18. The Bertz CT molecular complexity index is 555. The molecule has 1 unspecified atom stereocenters. The van der Waals surface area contributed by atoms with Crippen molar-refractivity contribution in [2.75, 3.05) is 19.8 Å². The molecule has 0 aromatic carbocycles. The number of alkyl halides is 1. The third kappa shape index (κ3) is 3.54. The van der Waals surface area contributed by atoms with Crippen molar-refractivity contribution in [2.45, 2.75) is 70.3 Å². The SMILES string of the molecule is CC(C)OC[C@@]12CCCN1[C@H](COc1nccnc1C(C)F)CC2. The van der Waals surface area contributed by atoms with Gasteiger partial charge in [0.25, 0.3) is 0 Å². The van der Waals surface area contributed by atoms with Crippen LogP contribution in [0.2, 0.25) is 0 Å². The average Bonchev–Trinajstić information content (AvgIpc) is 3.10. The number of hydrogen-bond donors (Lipinski definition) is 0. The van der Waals surface area contributed by atoms with Crippen molar-refractivity contribution < 1.29 is 13.9 Å². The van der Waals surface area contributed by atoms with Gasteiger partial charge in [0, 0.05) is 24.0 Å². The topological polar surface area (TPSA) is 47.5 Å². The number of halogens is 1. The number of ether oxygens (including phenoxy) is 2. The van der Waals surface area contributed by atoms with E-state index in [0.29, 0.717) is 18.5 Å². The Labute approximate surface area is 143 Å². The summed E-state index contributed by atoms with van der Waals surface area (Å²) in [5.41, 5.74) is 0.447. The molecular formula is C18H28FN3O2. The fourth-order valence-electron chi connectivity index (χ4n) is 4.01. The lowest BCUT2D eigenvalue weighted by atomic mass is 9.95. The van der Waals surface area contributed by atoms with Gasteiger partial charge >= 0.3 is 0 Å². The van der Waals surface area contributed by atoms with Gasteiger partial charge in [-0.25, -0.2) is 9.37 Å². The molecule has 0 saturated carbocycles. The number of fused-ring (bicyclic) bond motifs is 1. The quantitative estimate of drug-likeness (QED) is 0.764. The number of rotatable bonds is 7. The van der Waals surface area contributed by atoms with E-state index in [4.69, 9.17) is 9.47 Å². The Balaban J connectivity index is 1.63. The van der Waals surface area contributed by atoms with Crippen molar-refractivity contribution in [3.8, 4) is 5.88 Å². The van der Waals surface area contributed by atoms with Gasteiger partial charge in [-0.15, -0.1) is 0 Å². The summed E-state index contributed by atoms with van der Waals surface area (Å²) in [7, 11) is 0. The molecule has 2 aliphatic rings. The van der Waals surface area contributed by atoms with E-state index in [1.807, 2.05) is 0 Å². The van der Waals surface area contributed by atoms with Crippen molar-refractivity contribution >= 4 is 0 Å². The number of aromatic nitrogens is 2. The molecule has 0 bridgehead atoms. The smallest absolute Gasteiger partial charge is 0.238 e. The van der Waals surface area contributed by atoms with Crippen LogP contribution in [0.4, 0.5) is 4.39 Å². The molecular weight excluding hydrogens is 309 g/mol. The molecule has 0 spiro atoms. The highest BCUT2D eigenvalue weighted by atomic mass is 19.1. The zero-order valence-corrected chi connectivity index (χ0v) is 14.9. The van der Waals surface area contributed by atoms with Gasteiger partial charge in [-0.2, -0.15) is 0 Å². The third-order valence-corrected chi connectivity index (χ3v) is 5.20. The highest BCUT2D eigenvalue weighted by Gasteiger charge is 2.49. The molecule has 0 radical (unpaired) electrons. The fourth-order valence-corrected chi connectivity index (χ4v) is 4.01. The summed E-state index contributed by atoms with van der Waals surface area (Å²) in [5, 5.41) is 0. The molecule has 3 heterocycles. The second-order valence-electron chi connectivity index (χ2n) is 7.25. The first kappa shape index (κ1) is 17.5. The van der Waals surface area contributed by atoms with E-state index in [-0.39, 0.29) is 17.3 Å². The fraction of sp³-hybridized carbons (Fsp3) is 0.778. The van der Waals surface area contributed by atoms with Crippen molar-refractivity contribution in [2.24, 2.45) is 0 Å². The Morgan fingerprint density at radius 1 is 1.29 bits per heavy atom. The molecule has 0 aliphatic carbocycles. The Hall–Kier alpha value is -1.27. The average molecular weight is 337 g/mol. The van der Waals surface area contributed by atoms with Crippen LogP contribution in [0.15, 0.2) is 12.4 Å². The van der Waals surface area contributed by atoms with Crippen molar-refractivity contribution in [1.82, 2.24) is 14.9 Å². The lowest BCUT2D eigenvalue weighted by Crippen LogP contribution is -2.47. The monoisotopic (exact) mass is 337 g/mol. The third-order valence-electron chi connectivity index (χ3n) is 5.20. The van der Waals surface area contributed by atoms with Crippen LogP contribution in [0.5, 0.6) is 5.88 Å².